The van der Waals surface area contributed by atoms with Crippen LogP contribution in [0.5, 0.6) is 0 Å². The summed E-state index contributed by atoms with van der Waals surface area (Å²) in [6.07, 6.45) is 38.7. The van der Waals surface area contributed by atoms with Gasteiger partial charge >= 0.3 is 11.9 Å². The van der Waals surface area contributed by atoms with E-state index >= 15 is 0 Å². The van der Waals surface area contributed by atoms with Crippen LogP contribution in [0, 0.1) is 6.92 Å². The van der Waals surface area contributed by atoms with Crippen LogP contribution in [0.1, 0.15) is 181 Å². The van der Waals surface area contributed by atoms with Crippen LogP contribution in [-0.4, -0.2) is 24.6 Å². The predicted molar refractivity (Wildman–Crippen MR) is 176 cm³/mol. The minimum absolute atomic E-state index is 0.0468. The highest BCUT2D eigenvalue weighted by Crippen LogP contribution is 2.13. The summed E-state index contributed by atoms with van der Waals surface area (Å²) in [7, 11) is 0. The van der Waals surface area contributed by atoms with E-state index in [9.17, 15) is 9.59 Å². The van der Waals surface area contributed by atoms with Crippen molar-refractivity contribution < 1.29 is 19.1 Å². The molecule has 0 aliphatic heterocycles. The molecule has 0 heterocycles. The maximum Gasteiger partial charge on any atom is 0.305 e. The zero-order valence-corrected chi connectivity index (χ0v) is 27.3. The number of unbranched alkanes of at least 4 members (excludes halogenated alkanes) is 20. The molecule has 0 aromatic carbocycles. The molecule has 0 unspecified atom stereocenters. The summed E-state index contributed by atoms with van der Waals surface area (Å²) in [6.45, 7) is 8.36. The molecule has 0 fully saturated rings. The first-order valence-electron chi connectivity index (χ1n) is 17.6. The van der Waals surface area contributed by atoms with Crippen molar-refractivity contribution in [1.29, 1.82) is 0 Å². The smallest absolute Gasteiger partial charge is 0.305 e. The summed E-state index contributed by atoms with van der Waals surface area (Å²) in [5.74, 6) is -0.463. The number of carbonyl (C=O) groups is 2. The highest BCUT2D eigenvalue weighted by Gasteiger charge is 2.08. The Morgan fingerprint density at radius 2 is 0.927 bits per heavy atom. The van der Waals surface area contributed by atoms with Crippen LogP contribution in [0.25, 0.3) is 0 Å². The second-order valence-corrected chi connectivity index (χ2v) is 11.8. The molecule has 240 valence electrons. The Labute approximate surface area is 255 Å². The summed E-state index contributed by atoms with van der Waals surface area (Å²) in [5.41, 5.74) is 0. The molecule has 0 radical (unpaired) electrons. The first kappa shape index (κ1) is 39.4. The van der Waals surface area contributed by atoms with Gasteiger partial charge in [-0.25, -0.2) is 0 Å². The highest BCUT2D eigenvalue weighted by molar-refractivity contribution is 5.70. The lowest BCUT2D eigenvalue weighted by molar-refractivity contribution is -0.156. The Morgan fingerprint density at radius 3 is 1.44 bits per heavy atom. The van der Waals surface area contributed by atoms with E-state index in [0.29, 0.717) is 12.8 Å². The molecule has 0 rings (SSSR count). The van der Waals surface area contributed by atoms with E-state index < -0.39 is 6.10 Å². The summed E-state index contributed by atoms with van der Waals surface area (Å²) < 4.78 is 10.6. The van der Waals surface area contributed by atoms with Gasteiger partial charge in [-0.2, -0.15) is 0 Å². The van der Waals surface area contributed by atoms with Gasteiger partial charge in [-0.05, 0) is 44.9 Å². The first-order chi connectivity index (χ1) is 20.1. The van der Waals surface area contributed by atoms with Crippen LogP contribution in [0.3, 0.4) is 0 Å². The van der Waals surface area contributed by atoms with Crippen LogP contribution in [0.2, 0.25) is 0 Å². The molecule has 4 nitrogen and oxygen atoms in total. The molecule has 41 heavy (non-hydrogen) atoms. The normalized spacial score (nSPS) is 12.4. The zero-order valence-electron chi connectivity index (χ0n) is 27.3. The molecule has 0 saturated heterocycles. The van der Waals surface area contributed by atoms with Gasteiger partial charge < -0.3 is 9.47 Å². The van der Waals surface area contributed by atoms with Gasteiger partial charge in [0.25, 0.3) is 0 Å². The number of hydrogen-bond donors (Lipinski definition) is 0. The summed E-state index contributed by atoms with van der Waals surface area (Å²) in [6, 6.07) is 0. The summed E-state index contributed by atoms with van der Waals surface area (Å²) in [4.78, 5) is 24.0. The largest absolute Gasteiger partial charge is 0.492 e. The highest BCUT2D eigenvalue weighted by atomic mass is 16.6. The first-order valence-corrected chi connectivity index (χ1v) is 17.6. The number of rotatable bonds is 31. The van der Waals surface area contributed by atoms with E-state index in [2.05, 4.69) is 45.1 Å². The van der Waals surface area contributed by atoms with Crippen LogP contribution in [-0.2, 0) is 19.1 Å². The standard InChI is InChI=1S/C37H67O4/c1-4-6-8-10-12-14-16-18-19-21-23-25-27-29-31-33-37(39)41-35(3)34-40-36(38)32-30-28-26-24-22-20-17-15-13-11-9-7-5-2/h12,14,18-19,35H,3-11,13,15-17,20-34H2,1-2H3/q-1/b14-12+,19-18-/t35-/m0/s1. The fourth-order valence-corrected chi connectivity index (χ4v) is 4.90. The maximum atomic E-state index is 12.0. The number of hydrogen-bond acceptors (Lipinski definition) is 4. The van der Waals surface area contributed by atoms with E-state index in [4.69, 9.17) is 9.47 Å². The van der Waals surface area contributed by atoms with Crippen LogP contribution < -0.4 is 0 Å². The van der Waals surface area contributed by atoms with Crippen molar-refractivity contribution in [2.75, 3.05) is 6.61 Å². The van der Waals surface area contributed by atoms with Crippen LogP contribution in [0.15, 0.2) is 24.3 Å². The molecule has 0 aromatic rings. The number of esters is 2. The Kier molecular flexibility index (Phi) is 31.7. The number of allylic oxidation sites excluding steroid dienone is 4. The fourth-order valence-electron chi connectivity index (χ4n) is 4.90. The monoisotopic (exact) mass is 576 g/mol. The topological polar surface area (TPSA) is 52.6 Å². The molecule has 0 N–H and O–H groups in total. The molecule has 0 saturated carbocycles. The van der Waals surface area contributed by atoms with Crippen molar-refractivity contribution >= 4 is 11.9 Å². The van der Waals surface area contributed by atoms with Gasteiger partial charge in [-0.15, -0.1) is 0 Å². The average Bonchev–Trinajstić information content (AvgIpc) is 2.96. The van der Waals surface area contributed by atoms with Crippen LogP contribution >= 0.6 is 0 Å². The third-order valence-corrected chi connectivity index (χ3v) is 7.54. The zero-order chi connectivity index (χ0) is 30.1. The van der Waals surface area contributed by atoms with Gasteiger partial charge in [0.2, 0.25) is 0 Å². The van der Waals surface area contributed by atoms with Gasteiger partial charge in [0.15, 0.2) is 0 Å². The van der Waals surface area contributed by atoms with Crippen molar-refractivity contribution in [3.63, 3.8) is 0 Å². The third kappa shape index (κ3) is 32.8. The van der Waals surface area contributed by atoms with Gasteiger partial charge in [0.05, 0.1) is 6.61 Å². The minimum atomic E-state index is -0.629. The number of ether oxygens (including phenoxy) is 2. The van der Waals surface area contributed by atoms with E-state index in [1.807, 2.05) is 0 Å². The summed E-state index contributed by atoms with van der Waals surface area (Å²) >= 11 is 0. The molecular formula is C37H67O4-. The lowest BCUT2D eigenvalue weighted by Crippen LogP contribution is -2.22. The van der Waals surface area contributed by atoms with Gasteiger partial charge in [0, 0.05) is 18.9 Å². The fraction of sp³-hybridized carbons (Fsp3) is 0.811. The van der Waals surface area contributed by atoms with Crippen molar-refractivity contribution in [3.8, 4) is 0 Å². The van der Waals surface area contributed by atoms with Crippen molar-refractivity contribution in [2.24, 2.45) is 0 Å². The minimum Gasteiger partial charge on any atom is -0.492 e. The third-order valence-electron chi connectivity index (χ3n) is 7.54. The molecule has 0 aliphatic carbocycles. The van der Waals surface area contributed by atoms with E-state index in [1.165, 1.54) is 109 Å². The Balaban J connectivity index is 3.47. The molecule has 0 amide bonds. The average molecular weight is 576 g/mol. The second kappa shape index (κ2) is 32.9. The maximum absolute atomic E-state index is 12.0. The Hall–Kier alpha value is -1.58. The van der Waals surface area contributed by atoms with Crippen LogP contribution in [0.4, 0.5) is 0 Å². The van der Waals surface area contributed by atoms with Crippen molar-refractivity contribution in [2.45, 2.75) is 187 Å². The quantitative estimate of drug-likeness (QED) is 0.0357. The Morgan fingerprint density at radius 1 is 0.537 bits per heavy atom. The molecule has 0 aliphatic rings. The lowest BCUT2D eigenvalue weighted by Gasteiger charge is -2.19. The van der Waals surface area contributed by atoms with Gasteiger partial charge in [0.1, 0.15) is 0 Å². The van der Waals surface area contributed by atoms with E-state index in [0.717, 1.165) is 44.9 Å². The van der Waals surface area contributed by atoms with Gasteiger partial charge in [-0.1, -0.05) is 147 Å². The Bertz CT molecular complexity index is 624. The molecule has 4 heteroatoms. The summed E-state index contributed by atoms with van der Waals surface area (Å²) in [5, 5.41) is 0. The molecule has 1 atom stereocenters. The molecule has 0 aromatic heterocycles. The molecule has 0 bridgehead atoms. The SMILES string of the molecule is [CH2-][C@@H](COC(=O)CCCCCCCCCCCCCCC)OC(=O)CCCCCCC/C=C\C/C=C/CCCCC. The number of carbonyl (C=O) groups excluding carboxylic acids is 2. The second-order valence-electron chi connectivity index (χ2n) is 11.8. The van der Waals surface area contributed by atoms with Crippen molar-refractivity contribution in [1.82, 2.24) is 0 Å². The van der Waals surface area contributed by atoms with E-state index in [-0.39, 0.29) is 18.5 Å². The van der Waals surface area contributed by atoms with Gasteiger partial charge in [-0.3, -0.25) is 16.5 Å². The molecular weight excluding hydrogens is 508 g/mol. The van der Waals surface area contributed by atoms with E-state index in [1.54, 1.807) is 0 Å². The molecule has 0 spiro atoms. The predicted octanol–water partition coefficient (Wildman–Crippen LogP) is 11.6. The lowest BCUT2D eigenvalue weighted by atomic mass is 10.0. The van der Waals surface area contributed by atoms with Crippen molar-refractivity contribution in [3.05, 3.63) is 31.2 Å².